The molecule has 2 saturated heterocycles. The Bertz CT molecular complexity index is 920. The van der Waals surface area contributed by atoms with Crippen molar-refractivity contribution in [3.05, 3.63) is 36.2 Å². The minimum Gasteiger partial charge on any atom is -0.342 e. The third-order valence-corrected chi connectivity index (χ3v) is 6.90. The van der Waals surface area contributed by atoms with Crippen LogP contribution in [0.3, 0.4) is 0 Å². The zero-order valence-electron chi connectivity index (χ0n) is 16.1. The van der Waals surface area contributed by atoms with Crippen LogP contribution in [-0.4, -0.2) is 57.8 Å². The Kier molecular flexibility index (Phi) is 4.29. The van der Waals surface area contributed by atoms with Crippen LogP contribution in [0.2, 0.25) is 0 Å². The lowest BCUT2D eigenvalue weighted by Gasteiger charge is -2.42. The topological polar surface area (TPSA) is 66.4 Å². The third kappa shape index (κ3) is 2.86. The number of aromatic nitrogens is 2. The number of carbonyl (C=O) groups excluding carboxylic acids is 2. The number of fused-ring (bicyclic) bond motifs is 1. The molecular weight excluding hydrogens is 352 g/mol. The van der Waals surface area contributed by atoms with Crippen molar-refractivity contribution in [1.82, 2.24) is 19.8 Å². The molecule has 1 atom stereocenters. The fourth-order valence-corrected chi connectivity index (χ4v) is 5.07. The lowest BCUT2D eigenvalue weighted by atomic mass is 9.77. The molecule has 0 unspecified atom stereocenters. The van der Waals surface area contributed by atoms with Crippen LogP contribution in [0.5, 0.6) is 0 Å². The Morgan fingerprint density at radius 2 is 1.96 bits per heavy atom. The number of hydrogen-bond donors (Lipinski definition) is 0. The van der Waals surface area contributed by atoms with Crippen molar-refractivity contribution in [2.24, 2.45) is 11.3 Å². The van der Waals surface area contributed by atoms with Gasteiger partial charge in [-0.1, -0.05) is 12.5 Å². The molecule has 28 heavy (non-hydrogen) atoms. The van der Waals surface area contributed by atoms with Crippen LogP contribution < -0.4 is 0 Å². The molecule has 1 aliphatic carbocycles. The molecule has 2 aromatic rings. The number of nitrogens with zero attached hydrogens (tertiary/aromatic N) is 4. The molecular formula is C22H26N4O2. The first-order chi connectivity index (χ1) is 13.7. The van der Waals surface area contributed by atoms with Crippen LogP contribution in [-0.2, 0) is 4.79 Å². The van der Waals surface area contributed by atoms with Crippen molar-refractivity contribution in [1.29, 1.82) is 0 Å². The summed E-state index contributed by atoms with van der Waals surface area (Å²) in [5.41, 5.74) is 1.56. The van der Waals surface area contributed by atoms with Crippen LogP contribution in [0.25, 0.3) is 11.0 Å². The number of amides is 2. The Balaban J connectivity index is 1.36. The van der Waals surface area contributed by atoms with Gasteiger partial charge in [-0.3, -0.25) is 19.6 Å². The summed E-state index contributed by atoms with van der Waals surface area (Å²) in [6, 6.07) is 5.53. The van der Waals surface area contributed by atoms with Crippen molar-refractivity contribution in [2.75, 3.05) is 26.2 Å². The van der Waals surface area contributed by atoms with Gasteiger partial charge in [-0.25, -0.2) is 0 Å². The van der Waals surface area contributed by atoms with E-state index in [9.17, 15) is 9.59 Å². The summed E-state index contributed by atoms with van der Waals surface area (Å²) in [5.74, 6) is 0.929. The first-order valence-electron chi connectivity index (χ1n) is 10.4. The van der Waals surface area contributed by atoms with E-state index in [0.717, 1.165) is 37.9 Å². The second-order valence-corrected chi connectivity index (χ2v) is 8.64. The van der Waals surface area contributed by atoms with E-state index in [0.29, 0.717) is 30.1 Å². The van der Waals surface area contributed by atoms with Crippen LogP contribution in [0.1, 0.15) is 48.9 Å². The van der Waals surface area contributed by atoms with Gasteiger partial charge in [0.05, 0.1) is 16.5 Å². The number of para-hydroxylation sites is 1. The number of likely N-dealkylation sites (tertiary alicyclic amines) is 2. The Labute approximate surface area is 164 Å². The molecule has 3 fully saturated rings. The van der Waals surface area contributed by atoms with Gasteiger partial charge in [-0.15, -0.1) is 0 Å². The van der Waals surface area contributed by atoms with E-state index in [4.69, 9.17) is 0 Å². The van der Waals surface area contributed by atoms with Gasteiger partial charge in [0.15, 0.2) is 0 Å². The summed E-state index contributed by atoms with van der Waals surface area (Å²) < 4.78 is 0. The highest BCUT2D eigenvalue weighted by molar-refractivity contribution is 6.05. The summed E-state index contributed by atoms with van der Waals surface area (Å²) in [7, 11) is 0. The normalized spacial score (nSPS) is 25.5. The Morgan fingerprint density at radius 3 is 2.79 bits per heavy atom. The van der Waals surface area contributed by atoms with Crippen LogP contribution >= 0.6 is 0 Å². The number of piperidine rings is 1. The minimum atomic E-state index is -0.381. The minimum absolute atomic E-state index is 0.0353. The molecule has 3 heterocycles. The van der Waals surface area contributed by atoms with Gasteiger partial charge in [0, 0.05) is 38.6 Å². The van der Waals surface area contributed by atoms with Gasteiger partial charge in [-0.2, -0.15) is 0 Å². The van der Waals surface area contributed by atoms with Gasteiger partial charge in [-0.05, 0) is 50.2 Å². The second kappa shape index (κ2) is 6.83. The fourth-order valence-electron chi connectivity index (χ4n) is 5.07. The van der Waals surface area contributed by atoms with E-state index in [1.165, 1.54) is 19.3 Å². The zero-order chi connectivity index (χ0) is 19.1. The molecule has 0 bridgehead atoms. The summed E-state index contributed by atoms with van der Waals surface area (Å²) >= 11 is 0. The molecule has 6 nitrogen and oxygen atoms in total. The molecule has 146 valence electrons. The molecule has 0 N–H and O–H groups in total. The maximum atomic E-state index is 13.3. The number of carbonyl (C=O) groups is 2. The van der Waals surface area contributed by atoms with Gasteiger partial charge in [0.2, 0.25) is 5.91 Å². The number of hydrogen-bond acceptors (Lipinski definition) is 4. The molecule has 3 aliphatic rings. The van der Waals surface area contributed by atoms with Gasteiger partial charge in [0.1, 0.15) is 5.52 Å². The number of benzene rings is 1. The fraction of sp³-hybridized carbons (Fsp3) is 0.545. The van der Waals surface area contributed by atoms with E-state index in [1.54, 1.807) is 12.4 Å². The molecule has 1 spiro atoms. The predicted molar refractivity (Wildman–Crippen MR) is 106 cm³/mol. The van der Waals surface area contributed by atoms with Crippen molar-refractivity contribution in [3.63, 3.8) is 0 Å². The lowest BCUT2D eigenvalue weighted by molar-refractivity contribution is -0.146. The largest absolute Gasteiger partial charge is 0.342 e. The third-order valence-electron chi connectivity index (χ3n) is 6.90. The molecule has 1 aromatic carbocycles. The summed E-state index contributed by atoms with van der Waals surface area (Å²) in [6.07, 6.45) is 9.77. The Hall–Kier alpha value is -2.50. The maximum Gasteiger partial charge on any atom is 0.256 e. The van der Waals surface area contributed by atoms with Crippen LogP contribution in [0.4, 0.5) is 0 Å². The van der Waals surface area contributed by atoms with Crippen molar-refractivity contribution in [2.45, 2.75) is 38.5 Å². The van der Waals surface area contributed by atoms with Crippen molar-refractivity contribution >= 4 is 22.8 Å². The zero-order valence-corrected chi connectivity index (χ0v) is 16.1. The first kappa shape index (κ1) is 17.6. The van der Waals surface area contributed by atoms with Gasteiger partial charge in [0.25, 0.3) is 5.91 Å². The van der Waals surface area contributed by atoms with E-state index in [2.05, 4.69) is 14.9 Å². The highest BCUT2D eigenvalue weighted by atomic mass is 16.2. The molecule has 1 saturated carbocycles. The maximum absolute atomic E-state index is 13.3. The standard InChI is InChI=1S/C22H26N4O2/c27-20(17-6-2-7-18-19(17)24-11-10-23-18)26-13-9-22(15-26)8-3-12-25(21(22)28)14-16-4-1-5-16/h2,6-7,10-11,16H,1,3-5,8-9,12-15H2/t22-/m1/s1. The molecule has 6 heteroatoms. The van der Waals surface area contributed by atoms with E-state index in [1.807, 2.05) is 23.1 Å². The molecule has 5 rings (SSSR count). The monoisotopic (exact) mass is 378 g/mol. The van der Waals surface area contributed by atoms with Gasteiger partial charge < -0.3 is 9.80 Å². The number of rotatable bonds is 3. The van der Waals surface area contributed by atoms with Crippen molar-refractivity contribution < 1.29 is 9.59 Å². The second-order valence-electron chi connectivity index (χ2n) is 8.64. The smallest absolute Gasteiger partial charge is 0.256 e. The van der Waals surface area contributed by atoms with E-state index in [-0.39, 0.29) is 17.2 Å². The van der Waals surface area contributed by atoms with Gasteiger partial charge >= 0.3 is 0 Å². The summed E-state index contributed by atoms with van der Waals surface area (Å²) in [5, 5.41) is 0. The molecule has 0 radical (unpaired) electrons. The average Bonchev–Trinajstić information content (AvgIpc) is 3.12. The summed E-state index contributed by atoms with van der Waals surface area (Å²) in [4.78, 5) is 39.2. The van der Waals surface area contributed by atoms with Crippen LogP contribution in [0, 0.1) is 11.3 Å². The molecule has 2 aliphatic heterocycles. The average molecular weight is 378 g/mol. The van der Waals surface area contributed by atoms with Crippen LogP contribution in [0.15, 0.2) is 30.6 Å². The quantitative estimate of drug-likeness (QED) is 0.824. The highest BCUT2D eigenvalue weighted by Gasteiger charge is 2.49. The lowest BCUT2D eigenvalue weighted by Crippen LogP contribution is -2.52. The summed E-state index contributed by atoms with van der Waals surface area (Å²) in [6.45, 7) is 2.96. The molecule has 2 amide bonds. The highest BCUT2D eigenvalue weighted by Crippen LogP contribution is 2.41. The first-order valence-corrected chi connectivity index (χ1v) is 10.4. The van der Waals surface area contributed by atoms with E-state index < -0.39 is 0 Å². The van der Waals surface area contributed by atoms with E-state index >= 15 is 0 Å². The Morgan fingerprint density at radius 1 is 1.11 bits per heavy atom. The molecule has 1 aromatic heterocycles. The predicted octanol–water partition coefficient (Wildman–Crippen LogP) is 2.88. The SMILES string of the molecule is O=C(c1cccc2nccnc12)N1CC[C@]2(CCCN(CC3CCC3)C2=O)C1. The van der Waals surface area contributed by atoms with Crippen molar-refractivity contribution in [3.8, 4) is 0 Å².